The molecule has 1 aliphatic rings. The zero-order valence-electron chi connectivity index (χ0n) is 11.7. The molecule has 1 aliphatic heterocycles. The quantitative estimate of drug-likeness (QED) is 0.872. The van der Waals surface area contributed by atoms with Gasteiger partial charge >= 0.3 is 5.97 Å². The molecule has 0 saturated carbocycles. The Morgan fingerprint density at radius 3 is 2.89 bits per heavy atom. The second-order valence-electron chi connectivity index (χ2n) is 5.32. The van der Waals surface area contributed by atoms with Crippen LogP contribution in [0.25, 0.3) is 0 Å². The van der Waals surface area contributed by atoms with Gasteiger partial charge in [-0.1, -0.05) is 0 Å². The van der Waals surface area contributed by atoms with Crippen LogP contribution in [0.5, 0.6) is 0 Å². The minimum absolute atomic E-state index is 0.291. The number of likely N-dealkylation sites (N-methyl/N-ethyl adjacent to an activating group) is 1. The molecule has 0 aliphatic carbocycles. The van der Waals surface area contributed by atoms with Crippen molar-refractivity contribution in [2.24, 2.45) is 0 Å². The summed E-state index contributed by atoms with van der Waals surface area (Å²) in [6.45, 7) is 5.68. The van der Waals surface area contributed by atoms with E-state index in [1.165, 1.54) is 0 Å². The Balaban J connectivity index is 2.25. The first-order chi connectivity index (χ1) is 8.97. The van der Waals surface area contributed by atoms with E-state index in [4.69, 9.17) is 0 Å². The first kappa shape index (κ1) is 13.8. The Morgan fingerprint density at radius 2 is 2.26 bits per heavy atom. The van der Waals surface area contributed by atoms with Crippen LogP contribution in [0, 0.1) is 13.8 Å². The van der Waals surface area contributed by atoms with E-state index < -0.39 is 5.97 Å². The van der Waals surface area contributed by atoms with Crippen LogP contribution in [-0.4, -0.2) is 47.1 Å². The summed E-state index contributed by atoms with van der Waals surface area (Å²) in [7, 11) is 2.09. The van der Waals surface area contributed by atoms with Crippen LogP contribution in [0.15, 0.2) is 6.07 Å². The lowest BCUT2D eigenvalue weighted by Gasteiger charge is -2.31. The number of aromatic carboxylic acids is 1. The van der Waals surface area contributed by atoms with Crippen molar-refractivity contribution < 1.29 is 9.90 Å². The second kappa shape index (κ2) is 5.57. The highest BCUT2D eigenvalue weighted by Crippen LogP contribution is 2.22. The minimum Gasteiger partial charge on any atom is -0.478 e. The molecule has 1 unspecified atom stereocenters. The zero-order valence-corrected chi connectivity index (χ0v) is 11.7. The van der Waals surface area contributed by atoms with Crippen LogP contribution >= 0.6 is 0 Å². The Morgan fingerprint density at radius 1 is 1.53 bits per heavy atom. The van der Waals surface area contributed by atoms with Gasteiger partial charge < -0.3 is 15.3 Å². The third kappa shape index (κ3) is 3.23. The highest BCUT2D eigenvalue weighted by atomic mass is 16.4. The second-order valence-corrected chi connectivity index (χ2v) is 5.32. The van der Waals surface area contributed by atoms with Crippen molar-refractivity contribution >= 4 is 11.7 Å². The molecule has 0 amide bonds. The highest BCUT2D eigenvalue weighted by Gasteiger charge is 2.21. The largest absolute Gasteiger partial charge is 0.478 e. The Kier molecular flexibility index (Phi) is 4.04. The van der Waals surface area contributed by atoms with Crippen LogP contribution in [0.3, 0.4) is 0 Å². The molecule has 5 nitrogen and oxygen atoms in total. The van der Waals surface area contributed by atoms with Gasteiger partial charge in [-0.15, -0.1) is 0 Å². The molecule has 1 aromatic heterocycles. The lowest BCUT2D eigenvalue weighted by Crippen LogP contribution is -2.40. The van der Waals surface area contributed by atoms with E-state index in [1.807, 2.05) is 13.0 Å². The number of hydrogen-bond donors (Lipinski definition) is 2. The number of pyridine rings is 1. The normalized spacial score (nSPS) is 20.3. The third-order valence-electron chi connectivity index (χ3n) is 3.53. The molecule has 2 rings (SSSR count). The number of carboxylic acids is 1. The van der Waals surface area contributed by atoms with Gasteiger partial charge in [-0.2, -0.15) is 0 Å². The number of carboxylic acid groups (broad SMARTS) is 1. The van der Waals surface area contributed by atoms with Gasteiger partial charge in [-0.25, -0.2) is 4.79 Å². The lowest BCUT2D eigenvalue weighted by atomic mass is 10.0. The number of carbonyl (C=O) groups is 1. The number of rotatable bonds is 3. The summed E-state index contributed by atoms with van der Waals surface area (Å²) in [5.74, 6) is -0.920. The molecule has 0 radical (unpaired) electrons. The summed E-state index contributed by atoms with van der Waals surface area (Å²) >= 11 is 0. The molecule has 19 heavy (non-hydrogen) atoms. The number of likely N-dealkylation sites (tertiary alicyclic amines) is 1. The Bertz CT molecular complexity index is 488. The van der Waals surface area contributed by atoms with E-state index >= 15 is 0 Å². The zero-order chi connectivity index (χ0) is 14.0. The van der Waals surface area contributed by atoms with E-state index in [2.05, 4.69) is 22.2 Å². The van der Waals surface area contributed by atoms with Gasteiger partial charge in [0.2, 0.25) is 0 Å². The maximum absolute atomic E-state index is 11.4. The fraction of sp³-hybridized carbons (Fsp3) is 0.571. The Hall–Kier alpha value is -1.62. The fourth-order valence-corrected chi connectivity index (χ4v) is 2.72. The van der Waals surface area contributed by atoms with Crippen LogP contribution in [-0.2, 0) is 0 Å². The number of piperidine rings is 1. The minimum atomic E-state index is -0.920. The van der Waals surface area contributed by atoms with Gasteiger partial charge in [0.1, 0.15) is 5.56 Å². The molecule has 0 spiro atoms. The van der Waals surface area contributed by atoms with Crippen molar-refractivity contribution in [2.75, 3.05) is 25.5 Å². The maximum Gasteiger partial charge on any atom is 0.339 e. The molecule has 1 aromatic rings. The monoisotopic (exact) mass is 263 g/mol. The van der Waals surface area contributed by atoms with Crippen LogP contribution in [0.2, 0.25) is 0 Å². The summed E-state index contributed by atoms with van der Waals surface area (Å²) in [5.41, 5.74) is 2.39. The fourth-order valence-electron chi connectivity index (χ4n) is 2.72. The van der Waals surface area contributed by atoms with Gasteiger partial charge in [0, 0.05) is 18.3 Å². The van der Waals surface area contributed by atoms with Crippen LogP contribution in [0.4, 0.5) is 5.69 Å². The summed E-state index contributed by atoms with van der Waals surface area (Å²) in [5, 5.41) is 12.7. The van der Waals surface area contributed by atoms with E-state index in [1.54, 1.807) is 6.92 Å². The van der Waals surface area contributed by atoms with Crippen LogP contribution < -0.4 is 5.32 Å². The molecule has 1 saturated heterocycles. The predicted molar refractivity (Wildman–Crippen MR) is 74.8 cm³/mol. The van der Waals surface area contributed by atoms with E-state index in [0.29, 0.717) is 23.0 Å². The number of anilines is 1. The van der Waals surface area contributed by atoms with E-state index in [-0.39, 0.29) is 0 Å². The van der Waals surface area contributed by atoms with Crippen molar-refractivity contribution in [3.8, 4) is 0 Å². The predicted octanol–water partition coefficient (Wildman–Crippen LogP) is 1.90. The molecule has 5 heteroatoms. The van der Waals surface area contributed by atoms with Gasteiger partial charge in [0.05, 0.1) is 11.4 Å². The summed E-state index contributed by atoms with van der Waals surface area (Å²) in [6.07, 6.45) is 2.21. The number of nitrogens with one attached hydrogen (secondary N) is 1. The molecule has 2 heterocycles. The molecule has 104 valence electrons. The van der Waals surface area contributed by atoms with Crippen molar-refractivity contribution in [2.45, 2.75) is 32.7 Å². The van der Waals surface area contributed by atoms with Crippen molar-refractivity contribution in [1.82, 2.24) is 9.88 Å². The lowest BCUT2D eigenvalue weighted by molar-refractivity contribution is 0.0696. The SMILES string of the molecule is Cc1cc(NC2CCCN(C)C2)c(C(=O)O)c(C)n1. The average molecular weight is 263 g/mol. The standard InChI is InChI=1S/C14H21N3O2/c1-9-7-12(13(14(18)19)10(2)15-9)16-11-5-4-6-17(3)8-11/h7,11H,4-6,8H2,1-3H3,(H,15,16)(H,18,19). The number of aryl methyl sites for hydroxylation is 2. The molecule has 1 atom stereocenters. The van der Waals surface area contributed by atoms with Crippen molar-refractivity contribution in [3.63, 3.8) is 0 Å². The number of aromatic nitrogens is 1. The van der Waals surface area contributed by atoms with E-state index in [9.17, 15) is 9.90 Å². The first-order valence-electron chi connectivity index (χ1n) is 6.64. The first-order valence-corrected chi connectivity index (χ1v) is 6.64. The Labute approximate surface area is 113 Å². The number of hydrogen-bond acceptors (Lipinski definition) is 4. The summed E-state index contributed by atoms with van der Waals surface area (Å²) in [4.78, 5) is 17.9. The number of nitrogens with zero attached hydrogens (tertiary/aromatic N) is 2. The van der Waals surface area contributed by atoms with Gasteiger partial charge in [-0.05, 0) is 46.3 Å². The summed E-state index contributed by atoms with van der Waals surface area (Å²) < 4.78 is 0. The van der Waals surface area contributed by atoms with Crippen molar-refractivity contribution in [3.05, 3.63) is 23.0 Å². The van der Waals surface area contributed by atoms with Crippen LogP contribution in [0.1, 0.15) is 34.6 Å². The molecule has 0 bridgehead atoms. The molecule has 2 N–H and O–H groups in total. The van der Waals surface area contributed by atoms with E-state index in [0.717, 1.165) is 31.6 Å². The van der Waals surface area contributed by atoms with Gasteiger partial charge in [-0.3, -0.25) is 4.98 Å². The van der Waals surface area contributed by atoms with Gasteiger partial charge in [0.15, 0.2) is 0 Å². The van der Waals surface area contributed by atoms with Crippen molar-refractivity contribution in [1.29, 1.82) is 0 Å². The van der Waals surface area contributed by atoms with Gasteiger partial charge in [0.25, 0.3) is 0 Å². The molecular weight excluding hydrogens is 242 g/mol. The maximum atomic E-state index is 11.4. The topological polar surface area (TPSA) is 65.5 Å². The third-order valence-corrected chi connectivity index (χ3v) is 3.53. The summed E-state index contributed by atoms with van der Waals surface area (Å²) in [6, 6.07) is 2.13. The smallest absolute Gasteiger partial charge is 0.339 e. The molecule has 0 aromatic carbocycles. The molecular formula is C14H21N3O2. The molecule has 1 fully saturated rings. The average Bonchev–Trinajstić information content (AvgIpc) is 2.26. The highest BCUT2D eigenvalue weighted by molar-refractivity contribution is 5.95.